The average molecular weight is 387 g/mol. The van der Waals surface area contributed by atoms with E-state index in [1.165, 1.54) is 0 Å². The van der Waals surface area contributed by atoms with E-state index in [1.807, 2.05) is 60.7 Å². The van der Waals surface area contributed by atoms with Crippen molar-refractivity contribution in [1.29, 1.82) is 5.41 Å². The van der Waals surface area contributed by atoms with Gasteiger partial charge in [0.1, 0.15) is 17.3 Å². The number of nitrogens with two attached hydrogens (primary N) is 1. The van der Waals surface area contributed by atoms with Crippen LogP contribution in [0.15, 0.2) is 66.9 Å². The molecule has 4 rings (SSSR count). The second-order valence-electron chi connectivity index (χ2n) is 7.14. The molecule has 2 heterocycles. The largest absolute Gasteiger partial charge is 0.457 e. The first-order valence-electron chi connectivity index (χ1n) is 9.85. The van der Waals surface area contributed by atoms with Crippen LogP contribution >= 0.6 is 0 Å². The number of aromatic nitrogens is 1. The molecule has 0 amide bonds. The number of hydrogen-bond acceptors (Lipinski definition) is 6. The van der Waals surface area contributed by atoms with Gasteiger partial charge in [0.05, 0.1) is 5.69 Å². The fourth-order valence-corrected chi connectivity index (χ4v) is 3.53. The molecule has 0 unspecified atom stereocenters. The van der Waals surface area contributed by atoms with Crippen molar-refractivity contribution in [2.75, 3.05) is 24.1 Å². The molecule has 6 heteroatoms. The van der Waals surface area contributed by atoms with Crippen LogP contribution in [0.5, 0.6) is 11.5 Å². The molecule has 0 aliphatic carbocycles. The summed E-state index contributed by atoms with van der Waals surface area (Å²) in [4.78, 5) is 4.22. The molecule has 1 atom stereocenters. The molecule has 148 valence electrons. The lowest BCUT2D eigenvalue weighted by atomic mass is 9.90. The maximum Gasteiger partial charge on any atom is 0.147 e. The van der Waals surface area contributed by atoms with Crippen LogP contribution in [0.4, 0.5) is 17.2 Å². The van der Waals surface area contributed by atoms with E-state index in [2.05, 4.69) is 15.6 Å². The fraction of sp³-hybridized carbons (Fsp3) is 0.217. The molecule has 1 aromatic heterocycles. The molecule has 3 aromatic rings. The minimum atomic E-state index is 0.188. The summed E-state index contributed by atoms with van der Waals surface area (Å²) < 4.78 is 5.84. The predicted molar refractivity (Wildman–Crippen MR) is 117 cm³/mol. The molecule has 0 saturated carbocycles. The molecule has 2 aromatic carbocycles. The topological polar surface area (TPSA) is 96.1 Å². The van der Waals surface area contributed by atoms with Crippen LogP contribution in [0.25, 0.3) is 0 Å². The molecule has 1 fully saturated rings. The molecule has 5 N–H and O–H groups in total. The van der Waals surface area contributed by atoms with Gasteiger partial charge in [-0.15, -0.1) is 0 Å². The van der Waals surface area contributed by atoms with Gasteiger partial charge in [-0.3, -0.25) is 0 Å². The quantitative estimate of drug-likeness (QED) is 0.465. The second kappa shape index (κ2) is 8.75. The number of nitrogens with one attached hydrogen (secondary N) is 3. The first kappa shape index (κ1) is 19.0. The van der Waals surface area contributed by atoms with Gasteiger partial charge in [0.25, 0.3) is 0 Å². The van der Waals surface area contributed by atoms with Crippen molar-refractivity contribution in [3.05, 3.63) is 72.4 Å². The van der Waals surface area contributed by atoms with Gasteiger partial charge in [-0.1, -0.05) is 18.2 Å². The van der Waals surface area contributed by atoms with Gasteiger partial charge in [0.15, 0.2) is 0 Å². The van der Waals surface area contributed by atoms with Crippen LogP contribution in [-0.2, 0) is 0 Å². The van der Waals surface area contributed by atoms with Crippen LogP contribution in [0.3, 0.4) is 0 Å². The lowest BCUT2D eigenvalue weighted by Gasteiger charge is -2.25. The zero-order chi connectivity index (χ0) is 20.1. The number of ether oxygens (including phenoxy) is 1. The summed E-state index contributed by atoms with van der Waals surface area (Å²) in [5.41, 5.74) is 9.10. The molecule has 0 spiro atoms. The van der Waals surface area contributed by atoms with Crippen molar-refractivity contribution in [3.63, 3.8) is 0 Å². The van der Waals surface area contributed by atoms with Crippen molar-refractivity contribution in [3.8, 4) is 11.5 Å². The van der Waals surface area contributed by atoms with Crippen LogP contribution in [-0.4, -0.2) is 23.8 Å². The number of nitrogen functional groups attached to an aromatic ring is 1. The number of nitrogens with zero attached hydrogens (tertiary/aromatic N) is 1. The van der Waals surface area contributed by atoms with Crippen molar-refractivity contribution in [2.24, 2.45) is 5.92 Å². The summed E-state index contributed by atoms with van der Waals surface area (Å²) in [7, 11) is 0. The van der Waals surface area contributed by atoms with Gasteiger partial charge in [-0.25, -0.2) is 4.98 Å². The van der Waals surface area contributed by atoms with Crippen LogP contribution in [0.2, 0.25) is 0 Å². The Balaban J connectivity index is 1.52. The summed E-state index contributed by atoms with van der Waals surface area (Å²) in [6, 6.07) is 19.2. The smallest absolute Gasteiger partial charge is 0.147 e. The van der Waals surface area contributed by atoms with E-state index in [0.29, 0.717) is 17.2 Å². The molecular weight excluding hydrogens is 362 g/mol. The maximum atomic E-state index is 8.70. The number of anilines is 3. The number of para-hydroxylation sites is 1. The van der Waals surface area contributed by atoms with E-state index in [-0.39, 0.29) is 5.92 Å². The zero-order valence-corrected chi connectivity index (χ0v) is 16.2. The monoisotopic (exact) mass is 387 g/mol. The van der Waals surface area contributed by atoms with Crippen LogP contribution in [0.1, 0.15) is 18.4 Å². The van der Waals surface area contributed by atoms with E-state index in [4.69, 9.17) is 15.9 Å². The highest BCUT2D eigenvalue weighted by molar-refractivity contribution is 6.06. The molecule has 1 saturated heterocycles. The average Bonchev–Trinajstić information content (AvgIpc) is 2.77. The second-order valence-corrected chi connectivity index (χ2v) is 7.14. The Kier molecular flexibility index (Phi) is 5.72. The standard InChI is InChI=1S/C23H25N5O/c24-21(16-5-4-13-26-15-16)20-12-14-27-23(25)22(20)28-17-8-10-19(11-9-17)29-18-6-2-1-3-7-18/h1-3,6-12,14,16,24,26,28H,4-5,13,15H2,(H2,25,27)/t16-/m1/s1. The van der Waals surface area contributed by atoms with Gasteiger partial charge >= 0.3 is 0 Å². The van der Waals surface area contributed by atoms with E-state index in [9.17, 15) is 0 Å². The Morgan fingerprint density at radius 2 is 1.83 bits per heavy atom. The first-order chi connectivity index (χ1) is 14.2. The normalized spacial score (nSPS) is 16.2. The number of hydrogen-bond donors (Lipinski definition) is 4. The summed E-state index contributed by atoms with van der Waals surface area (Å²) >= 11 is 0. The fourth-order valence-electron chi connectivity index (χ4n) is 3.53. The Bertz CT molecular complexity index is 966. The van der Waals surface area contributed by atoms with Crippen LogP contribution < -0.4 is 21.1 Å². The highest BCUT2D eigenvalue weighted by Gasteiger charge is 2.22. The lowest BCUT2D eigenvalue weighted by Crippen LogP contribution is -2.34. The van der Waals surface area contributed by atoms with Gasteiger partial charge in [0, 0.05) is 35.6 Å². The number of pyridine rings is 1. The molecule has 29 heavy (non-hydrogen) atoms. The molecule has 6 nitrogen and oxygen atoms in total. The summed E-state index contributed by atoms with van der Waals surface area (Å²) in [6.45, 7) is 1.84. The first-order valence-corrected chi connectivity index (χ1v) is 9.85. The summed E-state index contributed by atoms with van der Waals surface area (Å²) in [6.07, 6.45) is 3.76. The summed E-state index contributed by atoms with van der Waals surface area (Å²) in [5, 5.41) is 15.4. The van der Waals surface area contributed by atoms with E-state index in [0.717, 1.165) is 48.7 Å². The highest BCUT2D eigenvalue weighted by Crippen LogP contribution is 2.30. The third-order valence-corrected chi connectivity index (χ3v) is 5.08. The van der Waals surface area contributed by atoms with Crippen molar-refractivity contribution >= 4 is 22.9 Å². The number of benzene rings is 2. The van der Waals surface area contributed by atoms with Crippen LogP contribution in [0, 0.1) is 11.3 Å². The van der Waals surface area contributed by atoms with E-state index >= 15 is 0 Å². The minimum absolute atomic E-state index is 0.188. The predicted octanol–water partition coefficient (Wildman–Crippen LogP) is 4.57. The SMILES string of the molecule is N=C(c1ccnc(N)c1Nc1ccc(Oc2ccccc2)cc1)[C@@H]1CCCNC1. The van der Waals surface area contributed by atoms with Gasteiger partial charge in [-0.05, 0) is 61.9 Å². The minimum Gasteiger partial charge on any atom is -0.457 e. The van der Waals surface area contributed by atoms with Gasteiger partial charge in [0.2, 0.25) is 0 Å². The van der Waals surface area contributed by atoms with Crippen molar-refractivity contribution in [1.82, 2.24) is 10.3 Å². The molecule has 1 aliphatic rings. The van der Waals surface area contributed by atoms with Gasteiger partial charge in [-0.2, -0.15) is 0 Å². The number of rotatable bonds is 6. The third kappa shape index (κ3) is 4.55. The highest BCUT2D eigenvalue weighted by atomic mass is 16.5. The molecule has 0 radical (unpaired) electrons. The number of piperidine rings is 1. The molecule has 1 aliphatic heterocycles. The van der Waals surface area contributed by atoms with E-state index < -0.39 is 0 Å². The zero-order valence-electron chi connectivity index (χ0n) is 16.2. The van der Waals surface area contributed by atoms with E-state index in [1.54, 1.807) is 6.20 Å². The Labute approximate surface area is 170 Å². The summed E-state index contributed by atoms with van der Waals surface area (Å²) in [5.74, 6) is 2.12. The van der Waals surface area contributed by atoms with Crippen molar-refractivity contribution < 1.29 is 4.74 Å². The molecular formula is C23H25N5O. The Morgan fingerprint density at radius 3 is 2.55 bits per heavy atom. The maximum absolute atomic E-state index is 8.70. The Morgan fingerprint density at radius 1 is 1.07 bits per heavy atom. The van der Waals surface area contributed by atoms with Gasteiger partial charge < -0.3 is 26.5 Å². The van der Waals surface area contributed by atoms with Crippen molar-refractivity contribution in [2.45, 2.75) is 12.8 Å². The third-order valence-electron chi connectivity index (χ3n) is 5.08. The lowest BCUT2D eigenvalue weighted by molar-refractivity contribution is 0.457. The molecule has 0 bridgehead atoms. The Hall–Kier alpha value is -3.38.